The standard InChI is InChI=1S/C6H14N2S/c1-5(9)8-3-2-6(7)4-8/h5-6,9H,2-4,7H2,1H3/t5?,6-/m0/s1. The summed E-state index contributed by atoms with van der Waals surface area (Å²) in [6.07, 6.45) is 1.13. The lowest BCUT2D eigenvalue weighted by molar-refractivity contribution is 0.329. The molecular weight excluding hydrogens is 132 g/mol. The van der Waals surface area contributed by atoms with Gasteiger partial charge in [0.2, 0.25) is 0 Å². The zero-order valence-electron chi connectivity index (χ0n) is 5.75. The van der Waals surface area contributed by atoms with Gasteiger partial charge in [-0.15, -0.1) is 0 Å². The molecule has 0 bridgehead atoms. The molecule has 9 heavy (non-hydrogen) atoms. The molecule has 54 valence electrons. The summed E-state index contributed by atoms with van der Waals surface area (Å²) in [6.45, 7) is 4.22. The number of rotatable bonds is 1. The number of thiol groups is 1. The molecule has 1 rings (SSSR count). The van der Waals surface area contributed by atoms with E-state index in [1.807, 2.05) is 0 Å². The van der Waals surface area contributed by atoms with E-state index in [4.69, 9.17) is 5.73 Å². The molecule has 1 aliphatic rings. The summed E-state index contributed by atoms with van der Waals surface area (Å²) in [5.74, 6) is 0. The van der Waals surface area contributed by atoms with Gasteiger partial charge in [-0.05, 0) is 13.3 Å². The molecule has 0 radical (unpaired) electrons. The van der Waals surface area contributed by atoms with Crippen molar-refractivity contribution < 1.29 is 0 Å². The Hall–Kier alpha value is 0.270. The minimum absolute atomic E-state index is 0.374. The zero-order valence-corrected chi connectivity index (χ0v) is 6.64. The van der Waals surface area contributed by atoms with Gasteiger partial charge < -0.3 is 5.73 Å². The van der Waals surface area contributed by atoms with Crippen LogP contribution in [0.4, 0.5) is 0 Å². The Balaban J connectivity index is 2.30. The van der Waals surface area contributed by atoms with Gasteiger partial charge in [0.05, 0.1) is 0 Å². The third-order valence-corrected chi connectivity index (χ3v) is 2.11. The molecular formula is C6H14N2S. The van der Waals surface area contributed by atoms with E-state index in [-0.39, 0.29) is 0 Å². The molecule has 1 unspecified atom stereocenters. The molecule has 0 aromatic carbocycles. The molecule has 0 spiro atoms. The Bertz CT molecular complexity index is 95.1. The lowest BCUT2D eigenvalue weighted by Gasteiger charge is -2.18. The van der Waals surface area contributed by atoms with Gasteiger partial charge in [-0.1, -0.05) is 0 Å². The summed E-state index contributed by atoms with van der Waals surface area (Å²) in [4.78, 5) is 2.29. The summed E-state index contributed by atoms with van der Waals surface area (Å²) in [6, 6.07) is 0.389. The molecule has 1 saturated heterocycles. The first-order chi connectivity index (χ1) is 4.20. The highest BCUT2D eigenvalue weighted by atomic mass is 32.1. The van der Waals surface area contributed by atoms with Gasteiger partial charge in [-0.25, -0.2) is 0 Å². The topological polar surface area (TPSA) is 29.3 Å². The summed E-state index contributed by atoms with van der Waals surface area (Å²) in [7, 11) is 0. The molecule has 1 fully saturated rings. The van der Waals surface area contributed by atoms with Crippen LogP contribution in [0, 0.1) is 0 Å². The first-order valence-corrected chi connectivity index (χ1v) is 3.89. The van der Waals surface area contributed by atoms with E-state index in [1.54, 1.807) is 0 Å². The van der Waals surface area contributed by atoms with Crippen LogP contribution < -0.4 is 5.73 Å². The van der Waals surface area contributed by atoms with E-state index >= 15 is 0 Å². The molecule has 2 nitrogen and oxygen atoms in total. The third-order valence-electron chi connectivity index (χ3n) is 1.78. The molecule has 2 N–H and O–H groups in total. The highest BCUT2D eigenvalue weighted by molar-refractivity contribution is 7.80. The third kappa shape index (κ3) is 1.85. The highest BCUT2D eigenvalue weighted by Crippen LogP contribution is 2.12. The lowest BCUT2D eigenvalue weighted by Crippen LogP contribution is -2.30. The van der Waals surface area contributed by atoms with Crippen LogP contribution in [0.3, 0.4) is 0 Å². The second-order valence-electron chi connectivity index (χ2n) is 2.68. The average molecular weight is 146 g/mol. The van der Waals surface area contributed by atoms with Crippen molar-refractivity contribution in [1.82, 2.24) is 4.90 Å². The zero-order chi connectivity index (χ0) is 6.85. The van der Waals surface area contributed by atoms with E-state index in [2.05, 4.69) is 24.5 Å². The first kappa shape index (κ1) is 7.38. The van der Waals surface area contributed by atoms with Crippen molar-refractivity contribution >= 4 is 12.6 Å². The fourth-order valence-corrected chi connectivity index (χ4v) is 1.36. The maximum Gasteiger partial charge on any atom is 0.0499 e. The van der Waals surface area contributed by atoms with Crippen LogP contribution in [0.1, 0.15) is 13.3 Å². The second kappa shape index (κ2) is 2.90. The Morgan fingerprint density at radius 2 is 2.44 bits per heavy atom. The normalized spacial score (nSPS) is 33.0. The Kier molecular flexibility index (Phi) is 2.38. The van der Waals surface area contributed by atoms with Crippen LogP contribution in [0.2, 0.25) is 0 Å². The van der Waals surface area contributed by atoms with Gasteiger partial charge in [0.25, 0.3) is 0 Å². The predicted molar refractivity (Wildman–Crippen MR) is 42.6 cm³/mol. The van der Waals surface area contributed by atoms with Gasteiger partial charge in [0, 0.05) is 24.5 Å². The SMILES string of the molecule is CC(S)N1CC[C@H](N)C1. The van der Waals surface area contributed by atoms with Crippen molar-refractivity contribution in [2.24, 2.45) is 5.73 Å². The Labute approximate surface area is 61.8 Å². The summed E-state index contributed by atoms with van der Waals surface area (Å²) >= 11 is 4.30. The molecule has 0 amide bonds. The summed E-state index contributed by atoms with van der Waals surface area (Å²) in [5, 5.41) is 0.374. The van der Waals surface area contributed by atoms with Crippen LogP contribution in [0.25, 0.3) is 0 Å². The van der Waals surface area contributed by atoms with Crippen LogP contribution in [-0.2, 0) is 0 Å². The molecule has 0 aromatic heterocycles. The van der Waals surface area contributed by atoms with Crippen LogP contribution in [0.15, 0.2) is 0 Å². The van der Waals surface area contributed by atoms with Crippen LogP contribution >= 0.6 is 12.6 Å². The molecule has 0 saturated carbocycles. The Morgan fingerprint density at radius 3 is 2.67 bits per heavy atom. The summed E-state index contributed by atoms with van der Waals surface area (Å²) < 4.78 is 0. The van der Waals surface area contributed by atoms with Gasteiger partial charge in [-0.2, -0.15) is 12.6 Å². The second-order valence-corrected chi connectivity index (χ2v) is 3.42. The number of nitrogens with two attached hydrogens (primary N) is 1. The fraction of sp³-hybridized carbons (Fsp3) is 1.00. The van der Waals surface area contributed by atoms with Crippen molar-refractivity contribution in [1.29, 1.82) is 0 Å². The number of nitrogens with zero attached hydrogens (tertiary/aromatic N) is 1. The summed E-state index contributed by atoms with van der Waals surface area (Å²) in [5.41, 5.74) is 5.69. The van der Waals surface area contributed by atoms with Crippen molar-refractivity contribution in [3.63, 3.8) is 0 Å². The number of hydrogen-bond acceptors (Lipinski definition) is 3. The Morgan fingerprint density at radius 1 is 1.78 bits per heavy atom. The van der Waals surface area contributed by atoms with Crippen LogP contribution in [-0.4, -0.2) is 29.4 Å². The van der Waals surface area contributed by atoms with Crippen molar-refractivity contribution in [2.75, 3.05) is 13.1 Å². The molecule has 0 aliphatic carbocycles. The van der Waals surface area contributed by atoms with Crippen LogP contribution in [0.5, 0.6) is 0 Å². The van der Waals surface area contributed by atoms with Crippen molar-refractivity contribution in [3.05, 3.63) is 0 Å². The van der Waals surface area contributed by atoms with E-state index in [9.17, 15) is 0 Å². The van der Waals surface area contributed by atoms with Crippen molar-refractivity contribution in [3.8, 4) is 0 Å². The van der Waals surface area contributed by atoms with Crippen molar-refractivity contribution in [2.45, 2.75) is 24.8 Å². The largest absolute Gasteiger partial charge is 0.326 e. The number of likely N-dealkylation sites (tertiary alicyclic amines) is 1. The lowest BCUT2D eigenvalue weighted by atomic mass is 10.3. The minimum atomic E-state index is 0.374. The van der Waals surface area contributed by atoms with E-state index in [0.717, 1.165) is 19.5 Å². The highest BCUT2D eigenvalue weighted by Gasteiger charge is 2.20. The molecule has 2 atom stereocenters. The quantitative estimate of drug-likeness (QED) is 0.521. The maximum absolute atomic E-state index is 5.69. The predicted octanol–water partition coefficient (Wildman–Crippen LogP) is 0.295. The molecule has 0 aromatic rings. The number of hydrogen-bond donors (Lipinski definition) is 2. The van der Waals surface area contributed by atoms with Gasteiger partial charge in [0.15, 0.2) is 0 Å². The average Bonchev–Trinajstić information content (AvgIpc) is 2.14. The van der Waals surface area contributed by atoms with Gasteiger partial charge in [0.1, 0.15) is 0 Å². The van der Waals surface area contributed by atoms with E-state index in [0.29, 0.717) is 11.4 Å². The fourth-order valence-electron chi connectivity index (χ4n) is 1.15. The minimum Gasteiger partial charge on any atom is -0.326 e. The molecule has 1 heterocycles. The smallest absolute Gasteiger partial charge is 0.0499 e. The monoisotopic (exact) mass is 146 g/mol. The molecule has 3 heteroatoms. The molecule has 1 aliphatic heterocycles. The van der Waals surface area contributed by atoms with Gasteiger partial charge in [-0.3, -0.25) is 4.90 Å². The van der Waals surface area contributed by atoms with Gasteiger partial charge >= 0.3 is 0 Å². The maximum atomic E-state index is 5.69. The first-order valence-electron chi connectivity index (χ1n) is 3.38. The van der Waals surface area contributed by atoms with E-state index in [1.165, 1.54) is 0 Å². The van der Waals surface area contributed by atoms with E-state index < -0.39 is 0 Å².